The van der Waals surface area contributed by atoms with Crippen LogP contribution in [0.15, 0.2) is 224 Å². The Morgan fingerprint density at radius 1 is 0.268 bits per heavy atom. The standard InChI is InChI=1S/C54H37NS/c1-4-13-38(14-5-1)41-23-29-47(30-24-41)55(49-33-27-43(28-34-49)50-20-12-21-52-51-19-10-11-22-53(51)56-54(50)52)48-31-25-42(26-32-48)46-36-44(39-15-6-2-7-16-39)35-45(37-46)40-17-8-3-9-18-40/h1-37H. The molecule has 0 aliphatic heterocycles. The predicted octanol–water partition coefficient (Wildman–Crippen LogP) is 15.9. The fraction of sp³-hybridized carbons (Fsp3) is 0. The Labute approximate surface area is 332 Å². The number of rotatable bonds is 8. The highest BCUT2D eigenvalue weighted by Crippen LogP contribution is 2.42. The van der Waals surface area contributed by atoms with Gasteiger partial charge in [-0.1, -0.05) is 164 Å². The lowest BCUT2D eigenvalue weighted by atomic mass is 9.93. The molecule has 0 saturated heterocycles. The van der Waals surface area contributed by atoms with Crippen molar-refractivity contribution in [3.63, 3.8) is 0 Å². The normalized spacial score (nSPS) is 11.2. The van der Waals surface area contributed by atoms with Crippen molar-refractivity contribution < 1.29 is 0 Å². The fourth-order valence-electron chi connectivity index (χ4n) is 7.84. The van der Waals surface area contributed by atoms with E-state index in [4.69, 9.17) is 0 Å². The van der Waals surface area contributed by atoms with Crippen LogP contribution >= 0.6 is 11.3 Å². The topological polar surface area (TPSA) is 3.24 Å². The second-order valence-electron chi connectivity index (χ2n) is 14.2. The largest absolute Gasteiger partial charge is 0.311 e. The van der Waals surface area contributed by atoms with Gasteiger partial charge in [0.1, 0.15) is 0 Å². The third-order valence-corrected chi connectivity index (χ3v) is 11.9. The quantitative estimate of drug-likeness (QED) is 0.150. The molecule has 0 atom stereocenters. The highest BCUT2D eigenvalue weighted by Gasteiger charge is 2.16. The number of anilines is 3. The molecule has 10 aromatic rings. The van der Waals surface area contributed by atoms with Gasteiger partial charge in [0, 0.05) is 37.2 Å². The van der Waals surface area contributed by atoms with Crippen molar-refractivity contribution in [2.24, 2.45) is 0 Å². The zero-order valence-corrected chi connectivity index (χ0v) is 31.5. The molecule has 0 bridgehead atoms. The number of hydrogen-bond donors (Lipinski definition) is 0. The molecule has 1 aromatic heterocycles. The molecule has 10 rings (SSSR count). The third kappa shape index (κ3) is 6.47. The third-order valence-electron chi connectivity index (χ3n) is 10.7. The molecule has 0 aliphatic rings. The summed E-state index contributed by atoms with van der Waals surface area (Å²) in [5.74, 6) is 0. The summed E-state index contributed by atoms with van der Waals surface area (Å²) in [6.07, 6.45) is 0. The number of thiophene rings is 1. The minimum atomic E-state index is 1.10. The van der Waals surface area contributed by atoms with Gasteiger partial charge in [0.05, 0.1) is 0 Å². The van der Waals surface area contributed by atoms with Gasteiger partial charge in [-0.05, 0) is 116 Å². The Morgan fingerprint density at radius 3 is 1.14 bits per heavy atom. The maximum absolute atomic E-state index is 2.36. The SMILES string of the molecule is c1ccc(-c2ccc(N(c3ccc(-c4cc(-c5ccccc5)cc(-c5ccccc5)c4)cc3)c3ccc(-c4cccc5c4sc4ccccc45)cc3)cc2)cc1. The number of benzene rings is 9. The lowest BCUT2D eigenvalue weighted by Gasteiger charge is -2.26. The summed E-state index contributed by atoms with van der Waals surface area (Å²) in [5.41, 5.74) is 15.4. The summed E-state index contributed by atoms with van der Waals surface area (Å²) < 4.78 is 2.65. The predicted molar refractivity (Wildman–Crippen MR) is 241 cm³/mol. The Bertz CT molecular complexity index is 2850. The van der Waals surface area contributed by atoms with Crippen molar-refractivity contribution in [3.05, 3.63) is 224 Å². The first-order valence-electron chi connectivity index (χ1n) is 19.1. The minimum absolute atomic E-state index is 1.10. The summed E-state index contributed by atoms with van der Waals surface area (Å²) in [5, 5.41) is 2.64. The van der Waals surface area contributed by atoms with E-state index in [1.165, 1.54) is 75.8 Å². The lowest BCUT2D eigenvalue weighted by Crippen LogP contribution is -2.09. The van der Waals surface area contributed by atoms with Crippen LogP contribution in [0.25, 0.3) is 75.8 Å². The van der Waals surface area contributed by atoms with Crippen molar-refractivity contribution in [1.82, 2.24) is 0 Å². The van der Waals surface area contributed by atoms with E-state index < -0.39 is 0 Å². The van der Waals surface area contributed by atoms with Crippen molar-refractivity contribution in [2.45, 2.75) is 0 Å². The Hall–Kier alpha value is -7.00. The van der Waals surface area contributed by atoms with E-state index in [0.717, 1.165) is 17.1 Å². The summed E-state index contributed by atoms with van der Waals surface area (Å²) in [7, 11) is 0. The van der Waals surface area contributed by atoms with Crippen molar-refractivity contribution in [2.75, 3.05) is 4.90 Å². The molecule has 0 unspecified atom stereocenters. The molecule has 0 N–H and O–H groups in total. The average Bonchev–Trinajstić information content (AvgIpc) is 3.67. The Morgan fingerprint density at radius 2 is 0.643 bits per heavy atom. The first kappa shape index (κ1) is 33.6. The molecule has 1 heterocycles. The van der Waals surface area contributed by atoms with Crippen LogP contribution in [0.2, 0.25) is 0 Å². The summed E-state index contributed by atoms with van der Waals surface area (Å²) in [6.45, 7) is 0. The van der Waals surface area contributed by atoms with E-state index in [1.807, 2.05) is 11.3 Å². The molecule has 0 amide bonds. The van der Waals surface area contributed by atoms with Crippen molar-refractivity contribution in [3.8, 4) is 55.6 Å². The van der Waals surface area contributed by atoms with E-state index >= 15 is 0 Å². The molecule has 56 heavy (non-hydrogen) atoms. The Kier molecular flexibility index (Phi) is 8.79. The maximum atomic E-state index is 2.36. The van der Waals surface area contributed by atoms with Gasteiger partial charge in [0.2, 0.25) is 0 Å². The molecule has 0 aliphatic carbocycles. The maximum Gasteiger partial charge on any atom is 0.0462 e. The van der Waals surface area contributed by atoms with Crippen LogP contribution in [0.4, 0.5) is 17.1 Å². The lowest BCUT2D eigenvalue weighted by molar-refractivity contribution is 1.28. The number of nitrogens with zero attached hydrogens (tertiary/aromatic N) is 1. The molecule has 9 aromatic carbocycles. The highest BCUT2D eigenvalue weighted by molar-refractivity contribution is 7.26. The van der Waals surface area contributed by atoms with Gasteiger partial charge in [-0.3, -0.25) is 0 Å². The second kappa shape index (κ2) is 14.7. The van der Waals surface area contributed by atoms with Crippen LogP contribution in [-0.4, -0.2) is 0 Å². The molecule has 1 nitrogen and oxygen atoms in total. The molecule has 2 heteroatoms. The highest BCUT2D eigenvalue weighted by atomic mass is 32.1. The van der Waals surface area contributed by atoms with Crippen molar-refractivity contribution in [1.29, 1.82) is 0 Å². The van der Waals surface area contributed by atoms with Crippen LogP contribution < -0.4 is 4.90 Å². The zero-order valence-electron chi connectivity index (χ0n) is 30.7. The van der Waals surface area contributed by atoms with Gasteiger partial charge in [0.25, 0.3) is 0 Å². The monoisotopic (exact) mass is 731 g/mol. The minimum Gasteiger partial charge on any atom is -0.311 e. The van der Waals surface area contributed by atoms with E-state index in [9.17, 15) is 0 Å². The zero-order chi connectivity index (χ0) is 37.3. The summed E-state index contributed by atoms with van der Waals surface area (Å²) in [4.78, 5) is 2.36. The average molecular weight is 732 g/mol. The van der Waals surface area contributed by atoms with E-state index in [-0.39, 0.29) is 0 Å². The van der Waals surface area contributed by atoms with E-state index in [1.54, 1.807) is 0 Å². The van der Waals surface area contributed by atoms with Crippen LogP contribution in [0.1, 0.15) is 0 Å². The van der Waals surface area contributed by atoms with Crippen LogP contribution in [0.3, 0.4) is 0 Å². The fourth-order valence-corrected chi connectivity index (χ4v) is 9.08. The number of fused-ring (bicyclic) bond motifs is 3. The molecule has 0 radical (unpaired) electrons. The first-order chi connectivity index (χ1) is 27.7. The van der Waals surface area contributed by atoms with Gasteiger partial charge in [0.15, 0.2) is 0 Å². The molecule has 264 valence electrons. The van der Waals surface area contributed by atoms with Crippen LogP contribution in [0.5, 0.6) is 0 Å². The molecular weight excluding hydrogens is 695 g/mol. The summed E-state index contributed by atoms with van der Waals surface area (Å²) >= 11 is 1.87. The molecular formula is C54H37NS. The Balaban J connectivity index is 1.05. The summed E-state index contributed by atoms with van der Waals surface area (Å²) in [6, 6.07) is 81.2. The number of hydrogen-bond acceptors (Lipinski definition) is 2. The van der Waals surface area contributed by atoms with Crippen LogP contribution in [-0.2, 0) is 0 Å². The van der Waals surface area contributed by atoms with Crippen LogP contribution in [0, 0.1) is 0 Å². The van der Waals surface area contributed by atoms with Gasteiger partial charge in [-0.15, -0.1) is 11.3 Å². The smallest absolute Gasteiger partial charge is 0.0462 e. The van der Waals surface area contributed by atoms with Gasteiger partial charge in [-0.2, -0.15) is 0 Å². The second-order valence-corrected chi connectivity index (χ2v) is 15.2. The van der Waals surface area contributed by atoms with Gasteiger partial charge < -0.3 is 4.90 Å². The first-order valence-corrected chi connectivity index (χ1v) is 19.9. The molecule has 0 spiro atoms. The molecule has 0 saturated carbocycles. The molecule has 0 fully saturated rings. The van der Waals surface area contributed by atoms with Gasteiger partial charge >= 0.3 is 0 Å². The van der Waals surface area contributed by atoms with E-state index in [2.05, 4.69) is 229 Å². The van der Waals surface area contributed by atoms with Gasteiger partial charge in [-0.25, -0.2) is 0 Å². The van der Waals surface area contributed by atoms with E-state index in [0.29, 0.717) is 0 Å². The van der Waals surface area contributed by atoms with Crippen molar-refractivity contribution >= 4 is 48.6 Å².